The first-order valence-corrected chi connectivity index (χ1v) is 53.9. The molecule has 15 atom stereocenters. The van der Waals surface area contributed by atoms with Crippen LogP contribution in [0.25, 0.3) is 0 Å². The zero-order valence-electron chi connectivity index (χ0n) is 89.5. The van der Waals surface area contributed by atoms with E-state index in [1.807, 2.05) is 20.8 Å². The number of aliphatic hydroxyl groups is 6. The van der Waals surface area contributed by atoms with Gasteiger partial charge in [-0.3, -0.25) is 9.59 Å². The van der Waals surface area contributed by atoms with Gasteiger partial charge in [-0.1, -0.05) is 418 Å². The molecule has 123 heavy (non-hydrogen) atoms. The van der Waals surface area contributed by atoms with Gasteiger partial charge in [0.25, 0.3) is 0 Å². The highest BCUT2D eigenvalue weighted by atomic mass is 16.5. The van der Waals surface area contributed by atoms with Gasteiger partial charge in [0.2, 0.25) is 0 Å². The molecule has 0 amide bonds. The van der Waals surface area contributed by atoms with Crippen LogP contribution in [0.15, 0.2) is 12.2 Å². The van der Waals surface area contributed by atoms with E-state index in [9.17, 15) is 30.0 Å². The second-order valence-electron chi connectivity index (χ2n) is 38.2. The molecule has 1 saturated heterocycles. The third-order valence-corrected chi connectivity index (χ3v) is 25.3. The van der Waals surface area contributed by atoms with Gasteiger partial charge in [-0.15, -0.1) is 0 Å². The zero-order chi connectivity index (χ0) is 95.6. The van der Waals surface area contributed by atoms with Gasteiger partial charge in [-0.05, 0) is 195 Å². The maximum Gasteiger partial charge on any atom is 0.305 e. The fourth-order valence-corrected chi connectivity index (χ4v) is 14.7. The molecule has 12 nitrogen and oxygen atoms in total. The molecule has 0 bridgehead atoms. The normalized spacial score (nSPS) is 22.8. The van der Waals surface area contributed by atoms with Crippen molar-refractivity contribution in [3.05, 3.63) is 12.2 Å². The minimum atomic E-state index is -0.399. The molecule has 4 aliphatic carbocycles. The first-order chi connectivity index (χ1) is 58.8. The van der Waals surface area contributed by atoms with Gasteiger partial charge >= 0.3 is 11.9 Å². The van der Waals surface area contributed by atoms with Crippen molar-refractivity contribution < 1.29 is 59.2 Å². The summed E-state index contributed by atoms with van der Waals surface area (Å²) in [5, 5.41) is 56.8. The molecule has 5 fully saturated rings. The minimum absolute atomic E-state index is 0.0110. The lowest BCUT2D eigenvalue weighted by Gasteiger charge is -2.41. The Balaban J connectivity index is -0.000000164. The number of allylic oxidation sites excluding steroid dienone is 2. The van der Waals surface area contributed by atoms with Gasteiger partial charge in [0.15, 0.2) is 0 Å². The predicted octanol–water partition coefficient (Wildman–Crippen LogP) is 33.5. The zero-order valence-corrected chi connectivity index (χ0v) is 89.5. The lowest BCUT2D eigenvalue weighted by molar-refractivity contribution is -0.144. The molecule has 750 valence electrons. The quantitative estimate of drug-likeness (QED) is 0.0193. The van der Waals surface area contributed by atoms with E-state index in [2.05, 4.69) is 192 Å². The Morgan fingerprint density at radius 3 is 1.24 bits per heavy atom. The Bertz CT molecular complexity index is 1870. The van der Waals surface area contributed by atoms with E-state index in [1.54, 1.807) is 6.92 Å². The monoisotopic (exact) mass is 1760 g/mol. The Kier molecular flexibility index (Phi) is 124. The van der Waals surface area contributed by atoms with Gasteiger partial charge in [0.1, 0.15) is 0 Å². The fourth-order valence-electron chi connectivity index (χ4n) is 14.7. The van der Waals surface area contributed by atoms with E-state index in [-0.39, 0.29) is 41.8 Å². The molecular formula is C111H234O12. The van der Waals surface area contributed by atoms with Crippen molar-refractivity contribution in [2.75, 3.05) is 46.2 Å². The summed E-state index contributed by atoms with van der Waals surface area (Å²) in [4.78, 5) is 21.2. The molecule has 1 aliphatic heterocycles. The maximum atomic E-state index is 10.7. The van der Waals surface area contributed by atoms with Gasteiger partial charge < -0.3 is 49.6 Å². The second-order valence-corrected chi connectivity index (χ2v) is 38.2. The van der Waals surface area contributed by atoms with Crippen LogP contribution in [0, 0.1) is 64.6 Å². The predicted molar refractivity (Wildman–Crippen MR) is 546 cm³/mol. The van der Waals surface area contributed by atoms with E-state index in [0.29, 0.717) is 62.9 Å². The highest BCUT2D eigenvalue weighted by molar-refractivity contribution is 5.69. The number of hydrogen-bond donors (Lipinski definition) is 6. The first-order valence-electron chi connectivity index (χ1n) is 53.9. The van der Waals surface area contributed by atoms with Crippen LogP contribution in [0.4, 0.5) is 0 Å². The first kappa shape index (κ1) is 139. The summed E-state index contributed by atoms with van der Waals surface area (Å²) in [5.41, 5.74) is -0.242. The fraction of sp³-hybridized carbons (Fsp3) is 0.964. The van der Waals surface area contributed by atoms with Crippen molar-refractivity contribution in [1.29, 1.82) is 0 Å². The highest BCUT2D eigenvalue weighted by Crippen LogP contribution is 2.43. The third-order valence-electron chi connectivity index (χ3n) is 25.3. The van der Waals surface area contributed by atoms with Crippen molar-refractivity contribution in [3.8, 4) is 0 Å². The molecule has 0 aromatic rings. The van der Waals surface area contributed by atoms with Crippen LogP contribution in [0.1, 0.15) is 554 Å². The largest absolute Gasteiger partial charge is 0.466 e. The van der Waals surface area contributed by atoms with Crippen LogP contribution in [0.3, 0.4) is 0 Å². The van der Waals surface area contributed by atoms with Crippen LogP contribution in [0.5, 0.6) is 0 Å². The van der Waals surface area contributed by atoms with Crippen molar-refractivity contribution in [2.24, 2.45) is 64.6 Å². The Labute approximate surface area is 774 Å². The smallest absolute Gasteiger partial charge is 0.305 e. The molecule has 12 heteroatoms. The summed E-state index contributed by atoms with van der Waals surface area (Å²) in [6.07, 6.45) is 70.0. The van der Waals surface area contributed by atoms with Crippen LogP contribution in [-0.2, 0) is 28.5 Å². The number of carbonyl (C=O) groups is 2. The SMILES string of the molecule is C/C=C/CCC.CCC(C)C1CCC(C)(C)C(O)C1.CCC(C)C1CCC(C)(O)C(C)C1.CCCC1CCC(C)C(O)C1.CCCC1CCC(O)C(C)C1.CCCCC.CCCCC.CCCCCC.CCCCCCC.CCCCCCCC.CCCCOC(=O)CC.CCCCOC(=O)CCC.CCCCOCC(O)CC.OCC1CCCCOC1. The molecule has 0 spiro atoms. The van der Waals surface area contributed by atoms with E-state index >= 15 is 0 Å². The number of carbonyl (C=O) groups excluding carboxylic acids is 2. The Morgan fingerprint density at radius 1 is 0.439 bits per heavy atom. The summed E-state index contributed by atoms with van der Waals surface area (Å²) in [6, 6.07) is 0. The topological polar surface area (TPSA) is 192 Å². The number of hydrogen-bond acceptors (Lipinski definition) is 12. The standard InChI is InChI=1S/2C12H24O.2C10H20O.C8H18O2.C8H16O2.C8H18.2C7H14O2.C7H16.C6H14.C6H12.2C5H12/c1-5-9(2)10-6-7-12(3,4)11(13)8-10;1-5-9(2)11-6-7-12(4,13)10(3)8-11;1-3-4-9-5-6-10(11)8(2)7-9;1-3-4-9-6-5-8(2)10(11)7-9;1-3-5-6-10-7-8(9)4-2;1-3-5-7-10-8(9)6-4-2;1-3-5-7-8-6-4-2;8-5-7-3-1-2-4-9-6-7;1-3-5-6-9-7(8)4-2;1-3-5-7-6-4-2;2*1-3-5-6-4-2;2*1-3-5-4-2/h2*9-11,13H,5-8H2,1-4H3;2*8-11H,3-7H2,1-2H3;8-9H,3-7H2,1-2H3;3-7H2,1-2H3;3-8H2,1-2H3;7-8H,1-6H2;3-6H2,1-2H3;3-7H2,1-2H3;3-6H2,1-2H3;3,5H,4,6H2,1-2H3;2*3-5H2,1-2H3/b;;;;;;;;;;;5-3+;;. The van der Waals surface area contributed by atoms with Gasteiger partial charge in [-0.25, -0.2) is 0 Å². The number of ether oxygens (including phenoxy) is 4. The molecule has 5 rings (SSSR count). The molecule has 0 radical (unpaired) electrons. The van der Waals surface area contributed by atoms with E-state index in [1.165, 1.54) is 244 Å². The molecule has 15 unspecified atom stereocenters. The van der Waals surface area contributed by atoms with E-state index in [4.69, 9.17) is 29.2 Å². The summed E-state index contributed by atoms with van der Waals surface area (Å²) in [6.45, 7) is 69.5. The van der Waals surface area contributed by atoms with Gasteiger partial charge in [-0.2, -0.15) is 0 Å². The molecular weight excluding hydrogens is 1530 g/mol. The van der Waals surface area contributed by atoms with Crippen LogP contribution in [0.2, 0.25) is 0 Å². The lowest BCUT2D eigenvalue weighted by Crippen LogP contribution is -2.39. The highest BCUT2D eigenvalue weighted by Gasteiger charge is 2.38. The molecule has 5 aliphatic rings. The van der Waals surface area contributed by atoms with Crippen molar-refractivity contribution in [3.63, 3.8) is 0 Å². The van der Waals surface area contributed by atoms with E-state index < -0.39 is 5.60 Å². The average molecular weight is 1760 g/mol. The van der Waals surface area contributed by atoms with Crippen LogP contribution >= 0.6 is 0 Å². The van der Waals surface area contributed by atoms with Gasteiger partial charge in [0.05, 0.1) is 56.4 Å². The lowest BCUT2D eigenvalue weighted by atomic mass is 9.67. The van der Waals surface area contributed by atoms with Crippen molar-refractivity contribution in [2.45, 2.75) is 584 Å². The minimum Gasteiger partial charge on any atom is -0.466 e. The molecule has 4 saturated carbocycles. The van der Waals surface area contributed by atoms with Crippen molar-refractivity contribution >= 4 is 11.9 Å². The summed E-state index contributed by atoms with van der Waals surface area (Å²) < 4.78 is 20.1. The third kappa shape index (κ3) is 104. The number of unbranched alkanes of at least 4 members (excludes halogenated alkanes) is 20. The maximum absolute atomic E-state index is 10.7. The van der Waals surface area contributed by atoms with Crippen molar-refractivity contribution in [1.82, 2.24) is 0 Å². The average Bonchev–Trinajstić information content (AvgIpc) is 0.940. The Morgan fingerprint density at radius 2 is 0.870 bits per heavy atom. The van der Waals surface area contributed by atoms with Crippen LogP contribution in [-0.4, -0.2) is 119 Å². The number of esters is 2. The Hall–Kier alpha value is -1.64. The van der Waals surface area contributed by atoms with Crippen LogP contribution < -0.4 is 0 Å². The molecule has 6 N–H and O–H groups in total. The summed E-state index contributed by atoms with van der Waals surface area (Å²) >= 11 is 0. The van der Waals surface area contributed by atoms with E-state index in [0.717, 1.165) is 145 Å². The number of aliphatic hydroxyl groups excluding tert-OH is 5. The van der Waals surface area contributed by atoms with Gasteiger partial charge in [0, 0.05) is 38.6 Å². The molecule has 0 aromatic carbocycles. The second kappa shape index (κ2) is 109. The molecule has 0 aromatic heterocycles. The summed E-state index contributed by atoms with van der Waals surface area (Å²) in [7, 11) is 0. The summed E-state index contributed by atoms with van der Waals surface area (Å²) in [5.74, 6) is 6.75. The number of rotatable bonds is 42. The molecule has 1 heterocycles.